The lowest BCUT2D eigenvalue weighted by Gasteiger charge is -2.14. The third kappa shape index (κ3) is 4.15. The van der Waals surface area contributed by atoms with Crippen LogP contribution in [0.5, 0.6) is 0 Å². The number of aromatic nitrogens is 1. The highest BCUT2D eigenvalue weighted by Gasteiger charge is 2.22. The number of nitrogens with zero attached hydrogens (tertiary/aromatic N) is 1. The number of para-hydroxylation sites is 1. The summed E-state index contributed by atoms with van der Waals surface area (Å²) in [6.45, 7) is 1.40. The number of esters is 1. The maximum Gasteiger partial charge on any atom is 0.339 e. The Kier molecular flexibility index (Phi) is 5.64. The number of carbonyl (C=O) groups excluding carboxylic acids is 3. The molecule has 1 aromatic heterocycles. The number of nitrogens with one attached hydrogen (secondary N) is 2. The summed E-state index contributed by atoms with van der Waals surface area (Å²) in [5.41, 5.74) is 2.41. The van der Waals surface area contributed by atoms with Gasteiger partial charge in [-0.3, -0.25) is 10.1 Å². The van der Waals surface area contributed by atoms with E-state index in [1.165, 1.54) is 14.0 Å². The zero-order chi connectivity index (χ0) is 20.1. The van der Waals surface area contributed by atoms with E-state index in [4.69, 9.17) is 4.74 Å². The number of imide groups is 1. The molecule has 0 radical (unpaired) electrons. The lowest BCUT2D eigenvalue weighted by Crippen LogP contribution is -2.43. The van der Waals surface area contributed by atoms with Crippen molar-refractivity contribution in [2.24, 2.45) is 0 Å². The molecule has 1 heterocycles. The van der Waals surface area contributed by atoms with E-state index in [1.807, 2.05) is 36.4 Å². The number of fused-ring (bicyclic) bond motifs is 1. The molecule has 0 bridgehead atoms. The summed E-state index contributed by atoms with van der Waals surface area (Å²) in [6, 6.07) is 17.6. The van der Waals surface area contributed by atoms with E-state index in [0.717, 1.165) is 5.56 Å². The standard InChI is InChI=1S/C21H19N3O4/c1-13(19(25)24-21(27)22-2)28-20(26)16-12-18(14-8-4-3-5-9-14)23-17-11-7-6-10-15(16)17/h3-13H,1-2H3,(H2,22,24,25,27)/t13-/m0/s1. The topological polar surface area (TPSA) is 97.4 Å². The van der Waals surface area contributed by atoms with Crippen molar-refractivity contribution >= 4 is 28.8 Å². The molecule has 0 spiro atoms. The van der Waals surface area contributed by atoms with Gasteiger partial charge in [-0.1, -0.05) is 48.5 Å². The van der Waals surface area contributed by atoms with Crippen LogP contribution >= 0.6 is 0 Å². The fourth-order valence-corrected chi connectivity index (χ4v) is 2.65. The summed E-state index contributed by atoms with van der Waals surface area (Å²) >= 11 is 0. The molecule has 0 aliphatic rings. The highest BCUT2D eigenvalue weighted by atomic mass is 16.5. The molecule has 142 valence electrons. The summed E-state index contributed by atoms with van der Waals surface area (Å²) < 4.78 is 5.28. The van der Waals surface area contributed by atoms with Gasteiger partial charge in [-0.15, -0.1) is 0 Å². The Balaban J connectivity index is 1.94. The Morgan fingerprint density at radius 1 is 1.00 bits per heavy atom. The van der Waals surface area contributed by atoms with Gasteiger partial charge in [0, 0.05) is 18.0 Å². The van der Waals surface area contributed by atoms with Crippen molar-refractivity contribution in [2.45, 2.75) is 13.0 Å². The van der Waals surface area contributed by atoms with Crippen molar-refractivity contribution in [2.75, 3.05) is 7.05 Å². The molecule has 3 rings (SSSR count). The first kappa shape index (κ1) is 19.0. The zero-order valence-corrected chi connectivity index (χ0v) is 15.4. The quantitative estimate of drug-likeness (QED) is 0.682. The van der Waals surface area contributed by atoms with Crippen LogP contribution in [0.15, 0.2) is 60.7 Å². The third-order valence-corrected chi connectivity index (χ3v) is 4.12. The van der Waals surface area contributed by atoms with Crippen LogP contribution in [0.25, 0.3) is 22.2 Å². The van der Waals surface area contributed by atoms with Gasteiger partial charge in [-0.25, -0.2) is 14.6 Å². The Morgan fingerprint density at radius 2 is 1.68 bits per heavy atom. The second-order valence-corrected chi connectivity index (χ2v) is 6.05. The second-order valence-electron chi connectivity index (χ2n) is 6.05. The number of ether oxygens (including phenoxy) is 1. The van der Waals surface area contributed by atoms with E-state index in [2.05, 4.69) is 15.6 Å². The summed E-state index contributed by atoms with van der Waals surface area (Å²) in [7, 11) is 1.38. The molecule has 0 unspecified atom stereocenters. The zero-order valence-electron chi connectivity index (χ0n) is 15.4. The highest BCUT2D eigenvalue weighted by molar-refractivity contribution is 6.06. The van der Waals surface area contributed by atoms with Crippen molar-refractivity contribution in [3.63, 3.8) is 0 Å². The first-order chi connectivity index (χ1) is 13.5. The number of rotatable bonds is 4. The van der Waals surface area contributed by atoms with Crippen LogP contribution in [0.4, 0.5) is 4.79 Å². The number of urea groups is 1. The van der Waals surface area contributed by atoms with Gasteiger partial charge < -0.3 is 10.1 Å². The third-order valence-electron chi connectivity index (χ3n) is 4.12. The largest absolute Gasteiger partial charge is 0.449 e. The van der Waals surface area contributed by atoms with Crippen LogP contribution in [0.2, 0.25) is 0 Å². The van der Waals surface area contributed by atoms with Crippen molar-refractivity contribution in [3.05, 3.63) is 66.2 Å². The van der Waals surface area contributed by atoms with E-state index in [9.17, 15) is 14.4 Å². The minimum atomic E-state index is -1.14. The Bertz CT molecular complexity index is 1030. The minimum absolute atomic E-state index is 0.295. The molecule has 2 N–H and O–H groups in total. The van der Waals surface area contributed by atoms with Gasteiger partial charge >= 0.3 is 12.0 Å². The van der Waals surface area contributed by atoms with E-state index >= 15 is 0 Å². The number of benzene rings is 2. The van der Waals surface area contributed by atoms with Crippen LogP contribution in [0.3, 0.4) is 0 Å². The van der Waals surface area contributed by atoms with Crippen LogP contribution < -0.4 is 10.6 Å². The van der Waals surface area contributed by atoms with E-state index in [-0.39, 0.29) is 0 Å². The SMILES string of the molecule is CNC(=O)NC(=O)[C@H](C)OC(=O)c1cc(-c2ccccc2)nc2ccccc12. The Morgan fingerprint density at radius 3 is 2.39 bits per heavy atom. The van der Waals surface area contributed by atoms with Gasteiger partial charge in [0.2, 0.25) is 0 Å². The average Bonchev–Trinajstić information content (AvgIpc) is 2.73. The number of pyridine rings is 1. The Hall–Kier alpha value is -3.74. The first-order valence-electron chi connectivity index (χ1n) is 8.68. The second kappa shape index (κ2) is 8.30. The summed E-state index contributed by atoms with van der Waals surface area (Å²) in [4.78, 5) is 40.6. The van der Waals surface area contributed by atoms with Gasteiger partial charge in [0.05, 0.1) is 16.8 Å². The molecule has 0 saturated carbocycles. The number of hydrogen-bond donors (Lipinski definition) is 2. The molecule has 0 aliphatic heterocycles. The first-order valence-corrected chi connectivity index (χ1v) is 8.68. The maximum atomic E-state index is 12.8. The molecule has 7 heteroatoms. The van der Waals surface area contributed by atoms with E-state index in [0.29, 0.717) is 22.2 Å². The van der Waals surface area contributed by atoms with Crippen molar-refractivity contribution < 1.29 is 19.1 Å². The van der Waals surface area contributed by atoms with Gasteiger partial charge in [0.15, 0.2) is 6.10 Å². The molecule has 7 nitrogen and oxygen atoms in total. The lowest BCUT2D eigenvalue weighted by atomic mass is 10.0. The molecule has 3 aromatic rings. The van der Waals surface area contributed by atoms with Crippen molar-refractivity contribution in [1.29, 1.82) is 0 Å². The summed E-state index contributed by atoms with van der Waals surface area (Å²) in [6.07, 6.45) is -1.14. The molecule has 1 atom stereocenters. The van der Waals surface area contributed by atoms with Gasteiger partial charge in [0.1, 0.15) is 0 Å². The van der Waals surface area contributed by atoms with Crippen LogP contribution in [0, 0.1) is 0 Å². The molecular formula is C21H19N3O4. The predicted molar refractivity (Wildman–Crippen MR) is 105 cm³/mol. The highest BCUT2D eigenvalue weighted by Crippen LogP contribution is 2.25. The minimum Gasteiger partial charge on any atom is -0.449 e. The summed E-state index contributed by atoms with van der Waals surface area (Å²) in [5, 5.41) is 4.96. The van der Waals surface area contributed by atoms with Crippen LogP contribution in [-0.4, -0.2) is 36.0 Å². The molecule has 28 heavy (non-hydrogen) atoms. The van der Waals surface area contributed by atoms with Crippen LogP contribution in [0.1, 0.15) is 17.3 Å². The van der Waals surface area contributed by atoms with Gasteiger partial charge in [-0.2, -0.15) is 0 Å². The molecule has 0 saturated heterocycles. The normalized spacial score (nSPS) is 11.5. The fourth-order valence-electron chi connectivity index (χ4n) is 2.65. The molecule has 0 fully saturated rings. The molecule has 0 aliphatic carbocycles. The predicted octanol–water partition coefficient (Wildman–Crippen LogP) is 2.90. The smallest absolute Gasteiger partial charge is 0.339 e. The average molecular weight is 377 g/mol. The maximum absolute atomic E-state index is 12.8. The van der Waals surface area contributed by atoms with E-state index in [1.54, 1.807) is 24.3 Å². The lowest BCUT2D eigenvalue weighted by molar-refractivity contribution is -0.127. The summed E-state index contributed by atoms with van der Waals surface area (Å²) in [5.74, 6) is -1.38. The molecule has 2 aromatic carbocycles. The number of amides is 3. The Labute approximate surface area is 161 Å². The fraction of sp³-hybridized carbons (Fsp3) is 0.143. The van der Waals surface area contributed by atoms with E-state index < -0.39 is 24.0 Å². The monoisotopic (exact) mass is 377 g/mol. The van der Waals surface area contributed by atoms with Crippen LogP contribution in [-0.2, 0) is 9.53 Å². The number of hydrogen-bond acceptors (Lipinski definition) is 5. The van der Waals surface area contributed by atoms with Gasteiger partial charge in [0.25, 0.3) is 5.91 Å². The van der Waals surface area contributed by atoms with Crippen molar-refractivity contribution in [1.82, 2.24) is 15.6 Å². The number of carbonyl (C=O) groups is 3. The molecular weight excluding hydrogens is 358 g/mol. The van der Waals surface area contributed by atoms with Gasteiger partial charge in [-0.05, 0) is 19.1 Å². The molecule has 3 amide bonds. The van der Waals surface area contributed by atoms with Crippen molar-refractivity contribution in [3.8, 4) is 11.3 Å².